The second-order valence-corrected chi connectivity index (χ2v) is 3.94. The Morgan fingerprint density at radius 3 is 1.94 bits per heavy atom. The van der Waals surface area contributed by atoms with Gasteiger partial charge in [-0.05, 0) is 18.9 Å². The summed E-state index contributed by atoms with van der Waals surface area (Å²) in [6.45, 7) is 1.51. The van der Waals surface area contributed by atoms with Gasteiger partial charge < -0.3 is 11.1 Å². The molecule has 0 fully saturated rings. The quantitative estimate of drug-likeness (QED) is 0.755. The Morgan fingerprint density at radius 1 is 1.17 bits per heavy atom. The van der Waals surface area contributed by atoms with E-state index < -0.39 is 24.2 Å². The number of nitrogens with one attached hydrogen (secondary N) is 1. The van der Waals surface area contributed by atoms with Gasteiger partial charge in [-0.3, -0.25) is 4.79 Å². The molecule has 108 valence electrons. The zero-order valence-corrected chi connectivity index (χ0v) is 9.53. The van der Waals surface area contributed by atoms with Crippen LogP contribution in [0.15, 0.2) is 0 Å². The SMILES string of the molecule is CC(CCN)CNC(=O)C(C(F)(F)F)C(F)(F)F. The molecule has 0 radical (unpaired) electrons. The van der Waals surface area contributed by atoms with Gasteiger partial charge in [0.15, 0.2) is 0 Å². The molecule has 18 heavy (non-hydrogen) atoms. The van der Waals surface area contributed by atoms with Crippen molar-refractivity contribution in [2.75, 3.05) is 13.1 Å². The molecule has 0 aliphatic heterocycles. The van der Waals surface area contributed by atoms with Crippen LogP contribution >= 0.6 is 0 Å². The van der Waals surface area contributed by atoms with Crippen LogP contribution in [0, 0.1) is 11.8 Å². The number of carbonyl (C=O) groups is 1. The van der Waals surface area contributed by atoms with Crippen molar-refractivity contribution < 1.29 is 31.1 Å². The smallest absolute Gasteiger partial charge is 0.355 e. The van der Waals surface area contributed by atoms with Crippen molar-refractivity contribution in [1.29, 1.82) is 0 Å². The van der Waals surface area contributed by atoms with Crippen molar-refractivity contribution in [1.82, 2.24) is 5.32 Å². The lowest BCUT2D eigenvalue weighted by atomic mass is 10.1. The highest BCUT2D eigenvalue weighted by atomic mass is 19.4. The van der Waals surface area contributed by atoms with Crippen LogP contribution in [0.5, 0.6) is 0 Å². The maximum absolute atomic E-state index is 12.1. The Hall–Kier alpha value is -0.990. The highest BCUT2D eigenvalue weighted by Crippen LogP contribution is 2.39. The lowest BCUT2D eigenvalue weighted by Crippen LogP contribution is -2.48. The fraction of sp³-hybridized carbons (Fsp3) is 0.889. The molecule has 0 saturated carbocycles. The van der Waals surface area contributed by atoms with Gasteiger partial charge in [-0.2, -0.15) is 26.3 Å². The Balaban J connectivity index is 4.61. The van der Waals surface area contributed by atoms with Crippen molar-refractivity contribution in [2.45, 2.75) is 25.7 Å². The van der Waals surface area contributed by atoms with Gasteiger partial charge in [0, 0.05) is 6.54 Å². The number of rotatable bonds is 5. The molecule has 0 aromatic rings. The zero-order chi connectivity index (χ0) is 14.6. The summed E-state index contributed by atoms with van der Waals surface area (Å²) in [5.74, 6) is -6.37. The minimum Gasteiger partial charge on any atom is -0.355 e. The molecule has 0 aromatic carbocycles. The fourth-order valence-corrected chi connectivity index (χ4v) is 1.25. The number of hydrogen-bond acceptors (Lipinski definition) is 2. The van der Waals surface area contributed by atoms with Gasteiger partial charge in [0.05, 0.1) is 0 Å². The number of amides is 1. The summed E-state index contributed by atoms with van der Waals surface area (Å²) in [5, 5.41) is 1.65. The van der Waals surface area contributed by atoms with Crippen LogP contribution < -0.4 is 11.1 Å². The summed E-state index contributed by atoms with van der Waals surface area (Å²) in [4.78, 5) is 11.0. The first-order chi connectivity index (χ1) is 8.00. The zero-order valence-electron chi connectivity index (χ0n) is 9.53. The van der Waals surface area contributed by atoms with E-state index in [9.17, 15) is 31.1 Å². The summed E-state index contributed by atoms with van der Waals surface area (Å²) in [7, 11) is 0. The van der Waals surface area contributed by atoms with Gasteiger partial charge in [-0.1, -0.05) is 6.92 Å². The Morgan fingerprint density at radius 2 is 1.61 bits per heavy atom. The first-order valence-corrected chi connectivity index (χ1v) is 5.11. The first-order valence-electron chi connectivity index (χ1n) is 5.11. The van der Waals surface area contributed by atoms with Gasteiger partial charge in [0.2, 0.25) is 11.8 Å². The summed E-state index contributed by atoms with van der Waals surface area (Å²) >= 11 is 0. The molecule has 1 atom stereocenters. The van der Waals surface area contributed by atoms with Gasteiger partial charge in [0.1, 0.15) is 0 Å². The molecule has 0 bridgehead atoms. The van der Waals surface area contributed by atoms with Crippen LogP contribution in [0.1, 0.15) is 13.3 Å². The molecule has 0 spiro atoms. The van der Waals surface area contributed by atoms with Crippen LogP contribution in [-0.4, -0.2) is 31.3 Å². The fourth-order valence-electron chi connectivity index (χ4n) is 1.25. The third-order valence-electron chi connectivity index (χ3n) is 2.20. The van der Waals surface area contributed by atoms with Crippen LogP contribution in [0.3, 0.4) is 0 Å². The minimum atomic E-state index is -5.65. The van der Waals surface area contributed by atoms with Crippen molar-refractivity contribution in [2.24, 2.45) is 17.6 Å². The molecular formula is C9H14F6N2O. The monoisotopic (exact) mass is 280 g/mol. The van der Waals surface area contributed by atoms with Gasteiger partial charge in [0.25, 0.3) is 0 Å². The van der Waals surface area contributed by atoms with Crippen LogP contribution in [0.4, 0.5) is 26.3 Å². The normalized spacial score (nSPS) is 14.7. The van der Waals surface area contributed by atoms with Crippen molar-refractivity contribution in [3.05, 3.63) is 0 Å². The van der Waals surface area contributed by atoms with Gasteiger partial charge >= 0.3 is 12.4 Å². The summed E-state index contributed by atoms with van der Waals surface area (Å²) in [6, 6.07) is 0. The number of carbonyl (C=O) groups excluding carboxylic acids is 1. The predicted octanol–water partition coefficient (Wildman–Crippen LogP) is 1.83. The molecule has 1 unspecified atom stereocenters. The second-order valence-electron chi connectivity index (χ2n) is 3.94. The van der Waals surface area contributed by atoms with E-state index in [1.54, 1.807) is 12.2 Å². The number of alkyl halides is 6. The molecule has 0 heterocycles. The van der Waals surface area contributed by atoms with E-state index in [0.717, 1.165) is 0 Å². The average molecular weight is 280 g/mol. The molecule has 3 nitrogen and oxygen atoms in total. The number of hydrogen-bond donors (Lipinski definition) is 2. The first kappa shape index (κ1) is 17.0. The minimum absolute atomic E-state index is 0.235. The van der Waals surface area contributed by atoms with Crippen molar-refractivity contribution in [3.8, 4) is 0 Å². The molecule has 0 aromatic heterocycles. The molecular weight excluding hydrogens is 266 g/mol. The van der Waals surface area contributed by atoms with Crippen LogP contribution in [0.25, 0.3) is 0 Å². The third-order valence-corrected chi connectivity index (χ3v) is 2.20. The van der Waals surface area contributed by atoms with Crippen molar-refractivity contribution >= 4 is 5.91 Å². The standard InChI is InChI=1S/C9H14F6N2O/c1-5(2-3-16)4-17-7(18)6(8(10,11)12)9(13,14)15/h5-6H,2-4,16H2,1H3,(H,17,18). The highest BCUT2D eigenvalue weighted by molar-refractivity contribution is 5.80. The van der Waals surface area contributed by atoms with E-state index in [2.05, 4.69) is 0 Å². The summed E-state index contributed by atoms with van der Waals surface area (Å²) in [5.41, 5.74) is 5.16. The maximum atomic E-state index is 12.1. The van der Waals surface area contributed by atoms with E-state index in [1.807, 2.05) is 0 Å². The molecule has 0 aliphatic rings. The van der Waals surface area contributed by atoms with E-state index in [4.69, 9.17) is 5.73 Å². The lowest BCUT2D eigenvalue weighted by Gasteiger charge is -2.22. The van der Waals surface area contributed by atoms with Crippen LogP contribution in [-0.2, 0) is 4.79 Å². The summed E-state index contributed by atoms with van der Waals surface area (Å²) in [6.07, 6.45) is -10.9. The second kappa shape index (κ2) is 6.26. The Kier molecular flexibility index (Phi) is 5.91. The maximum Gasteiger partial charge on any atom is 0.409 e. The molecule has 9 heteroatoms. The predicted molar refractivity (Wildman–Crippen MR) is 51.4 cm³/mol. The molecule has 3 N–H and O–H groups in total. The molecule has 0 aliphatic carbocycles. The van der Waals surface area contributed by atoms with Gasteiger partial charge in [-0.25, -0.2) is 0 Å². The highest BCUT2D eigenvalue weighted by Gasteiger charge is 2.60. The topological polar surface area (TPSA) is 55.1 Å². The Bertz CT molecular complexity index is 261. The van der Waals surface area contributed by atoms with E-state index in [-0.39, 0.29) is 19.0 Å². The summed E-state index contributed by atoms with van der Waals surface area (Å²) < 4.78 is 72.8. The van der Waals surface area contributed by atoms with Crippen molar-refractivity contribution in [3.63, 3.8) is 0 Å². The van der Waals surface area contributed by atoms with E-state index in [0.29, 0.717) is 6.42 Å². The largest absolute Gasteiger partial charge is 0.409 e. The average Bonchev–Trinajstić information content (AvgIpc) is 2.10. The van der Waals surface area contributed by atoms with E-state index in [1.165, 1.54) is 0 Å². The van der Waals surface area contributed by atoms with Crippen LogP contribution in [0.2, 0.25) is 0 Å². The number of halogens is 6. The molecule has 1 amide bonds. The Labute approximate surface area is 99.7 Å². The number of nitrogens with two attached hydrogens (primary N) is 1. The molecule has 0 saturated heterocycles. The third kappa shape index (κ3) is 5.56. The lowest BCUT2D eigenvalue weighted by molar-refractivity contribution is -0.274. The van der Waals surface area contributed by atoms with Gasteiger partial charge in [-0.15, -0.1) is 0 Å². The van der Waals surface area contributed by atoms with E-state index >= 15 is 0 Å². The molecule has 0 rings (SSSR count).